The molecule has 4 aromatic rings. The molecule has 0 N–H and O–H groups in total. The number of aryl methyl sites for hydroxylation is 4. The van der Waals surface area contributed by atoms with E-state index in [9.17, 15) is 0 Å². The van der Waals surface area contributed by atoms with Crippen LogP contribution in [0.1, 0.15) is 36.0 Å². The van der Waals surface area contributed by atoms with E-state index in [1.165, 1.54) is 34.7 Å². The van der Waals surface area contributed by atoms with Gasteiger partial charge in [-0.2, -0.15) is 0 Å². The molecule has 0 heterocycles. The van der Waals surface area contributed by atoms with E-state index in [4.69, 9.17) is 13.7 Å². The van der Waals surface area contributed by atoms with Gasteiger partial charge >= 0.3 is 0 Å². The summed E-state index contributed by atoms with van der Waals surface area (Å²) in [5.41, 5.74) is 2.24. The van der Waals surface area contributed by atoms with Gasteiger partial charge in [0.15, 0.2) is 0 Å². The molecule has 0 fully saturated rings. The highest BCUT2D eigenvalue weighted by atomic mass is 14.2. The minimum absolute atomic E-state index is 0.174. The molecule has 0 amide bonds. The smallest absolute Gasteiger partial charge is 0.0614 e. The van der Waals surface area contributed by atoms with E-state index in [1.807, 2.05) is 0 Å². The standard InChI is InChI=1S/2C12H10/c2*1-3-9-4-2-6-11-8-7-10(5-1)12(9)11/h2*1-6H,7-8H2/i1D,2D,3D,4D,5D,6D,7D2,8D2;. The van der Waals surface area contributed by atoms with Crippen LogP contribution >= 0.6 is 0 Å². The van der Waals surface area contributed by atoms with Crippen LogP contribution in [0.2, 0.25) is 0 Å². The van der Waals surface area contributed by atoms with Gasteiger partial charge < -0.3 is 0 Å². The van der Waals surface area contributed by atoms with Gasteiger partial charge in [0.1, 0.15) is 0 Å². The largest absolute Gasteiger partial charge is 0.0629 e. The second-order valence-corrected chi connectivity index (χ2v) is 5.93. The topological polar surface area (TPSA) is 0 Å². The van der Waals surface area contributed by atoms with E-state index in [-0.39, 0.29) is 10.8 Å². The van der Waals surface area contributed by atoms with E-state index in [0.717, 1.165) is 0 Å². The minimum Gasteiger partial charge on any atom is -0.0614 e. The van der Waals surface area contributed by atoms with Crippen molar-refractivity contribution in [3.8, 4) is 0 Å². The average Bonchev–Trinajstić information content (AvgIpc) is 3.27. The highest BCUT2D eigenvalue weighted by Gasteiger charge is 2.12. The zero-order chi connectivity index (χ0) is 24.7. The van der Waals surface area contributed by atoms with Gasteiger partial charge in [0.05, 0.1) is 8.22 Å². The molecule has 24 heavy (non-hydrogen) atoms. The summed E-state index contributed by atoms with van der Waals surface area (Å²) in [6.07, 6.45) is -2.89. The van der Waals surface area contributed by atoms with Gasteiger partial charge in [0.2, 0.25) is 0 Å². The van der Waals surface area contributed by atoms with Crippen molar-refractivity contribution < 1.29 is 13.7 Å². The van der Waals surface area contributed by atoms with Crippen molar-refractivity contribution in [2.45, 2.75) is 25.6 Å². The molecule has 4 aromatic carbocycles. The molecule has 0 heteroatoms. The number of hydrogen-bond donors (Lipinski definition) is 0. The van der Waals surface area contributed by atoms with Crippen LogP contribution < -0.4 is 0 Å². The van der Waals surface area contributed by atoms with Crippen molar-refractivity contribution in [2.24, 2.45) is 0 Å². The summed E-state index contributed by atoms with van der Waals surface area (Å²) in [6, 6.07) is 9.75. The van der Waals surface area contributed by atoms with Crippen molar-refractivity contribution in [1.29, 1.82) is 0 Å². The number of rotatable bonds is 0. The molecule has 0 radical (unpaired) electrons. The van der Waals surface area contributed by atoms with Crippen molar-refractivity contribution in [2.75, 3.05) is 0 Å². The zero-order valence-corrected chi connectivity index (χ0v) is 12.9. The van der Waals surface area contributed by atoms with Gasteiger partial charge in [-0.25, -0.2) is 0 Å². The highest BCUT2D eigenvalue weighted by molar-refractivity contribution is 5.91. The maximum Gasteiger partial charge on any atom is 0.0629 e. The minimum atomic E-state index is -2.68. The lowest BCUT2D eigenvalue weighted by Gasteiger charge is -1.99. The lowest BCUT2D eigenvalue weighted by molar-refractivity contribution is 1.02. The predicted molar refractivity (Wildman–Crippen MR) is 103 cm³/mol. The molecule has 0 spiro atoms. The van der Waals surface area contributed by atoms with Crippen LogP contribution in [0.4, 0.5) is 0 Å². The summed E-state index contributed by atoms with van der Waals surface area (Å²) < 4.78 is 79.2. The summed E-state index contributed by atoms with van der Waals surface area (Å²) in [5.74, 6) is 0. The molecule has 2 aliphatic rings. The maximum atomic E-state index is 8.03. The Bertz CT molecular complexity index is 1420. The average molecular weight is 318 g/mol. The Kier molecular flexibility index (Phi) is 1.63. The zero-order valence-electron chi connectivity index (χ0n) is 22.9. The third-order valence-corrected chi connectivity index (χ3v) is 4.55. The predicted octanol–water partition coefficient (Wildman–Crippen LogP) is 5.88. The van der Waals surface area contributed by atoms with Gasteiger partial charge in [-0.05, 0) is 69.4 Å². The monoisotopic (exact) mass is 318 g/mol. The molecule has 0 nitrogen and oxygen atoms in total. The SMILES string of the molecule is [2H]c1c([2H])c2c3c(c([2H])c([2H])c([2H])c3c1[2H])C([2H])([2H])C2([2H])[2H].c1cc2c3c(cccc3c1)CC2. The molecule has 0 aliphatic heterocycles. The number of benzene rings is 4. The fraction of sp³-hybridized carbons (Fsp3) is 0.167. The molecular formula is C24H20. The third-order valence-electron chi connectivity index (χ3n) is 4.55. The molecular weight excluding hydrogens is 288 g/mol. The molecule has 0 unspecified atom stereocenters. The van der Waals surface area contributed by atoms with E-state index in [1.54, 1.807) is 0 Å². The van der Waals surface area contributed by atoms with E-state index >= 15 is 0 Å². The van der Waals surface area contributed by atoms with Gasteiger partial charge in [-0.1, -0.05) is 72.7 Å². The van der Waals surface area contributed by atoms with Crippen molar-refractivity contribution in [3.63, 3.8) is 0 Å². The summed E-state index contributed by atoms with van der Waals surface area (Å²) in [4.78, 5) is 0. The van der Waals surface area contributed by atoms with Crippen LogP contribution in [0.5, 0.6) is 0 Å². The van der Waals surface area contributed by atoms with E-state index in [2.05, 4.69) is 36.4 Å². The van der Waals surface area contributed by atoms with Crippen molar-refractivity contribution in [3.05, 3.63) is 94.9 Å². The Hall–Kier alpha value is -2.60. The van der Waals surface area contributed by atoms with Crippen LogP contribution in [-0.2, 0) is 25.6 Å². The Labute approximate surface area is 156 Å². The Morgan fingerprint density at radius 3 is 1.75 bits per heavy atom. The van der Waals surface area contributed by atoms with E-state index in [0.29, 0.717) is 0 Å². The fourth-order valence-electron chi connectivity index (χ4n) is 3.47. The van der Waals surface area contributed by atoms with Crippen LogP contribution in [0, 0.1) is 0 Å². The summed E-state index contributed by atoms with van der Waals surface area (Å²) in [7, 11) is 0. The third kappa shape index (κ3) is 2.14. The van der Waals surface area contributed by atoms with Crippen molar-refractivity contribution >= 4 is 21.5 Å². The summed E-state index contributed by atoms with van der Waals surface area (Å²) in [6.45, 7) is 0. The molecule has 0 bridgehead atoms. The second-order valence-electron chi connectivity index (χ2n) is 5.93. The molecule has 0 saturated carbocycles. The lowest BCUT2D eigenvalue weighted by atomic mass is 10.1. The first-order valence-electron chi connectivity index (χ1n) is 12.9. The maximum absolute atomic E-state index is 8.03. The van der Waals surface area contributed by atoms with Crippen LogP contribution in [0.3, 0.4) is 0 Å². The normalized spacial score (nSPS) is 24.2. The summed E-state index contributed by atoms with van der Waals surface area (Å²) >= 11 is 0. The Morgan fingerprint density at radius 2 is 1.17 bits per heavy atom. The Morgan fingerprint density at radius 1 is 0.625 bits per heavy atom. The first-order valence-corrected chi connectivity index (χ1v) is 7.95. The van der Waals surface area contributed by atoms with Crippen LogP contribution in [0.15, 0.2) is 72.7 Å². The fourth-order valence-corrected chi connectivity index (χ4v) is 3.47. The van der Waals surface area contributed by atoms with E-state index < -0.39 is 60.1 Å². The first kappa shape index (κ1) is 7.11. The first-order chi connectivity index (χ1) is 15.9. The molecule has 0 atom stereocenters. The second kappa shape index (κ2) is 5.49. The number of hydrogen-bond acceptors (Lipinski definition) is 0. The molecule has 6 rings (SSSR count). The lowest BCUT2D eigenvalue weighted by Crippen LogP contribution is -1.76. The van der Waals surface area contributed by atoms with Crippen LogP contribution in [-0.4, -0.2) is 0 Å². The molecule has 2 aliphatic carbocycles. The Balaban J connectivity index is 0.000000167. The van der Waals surface area contributed by atoms with Gasteiger partial charge in [0.25, 0.3) is 0 Å². The molecule has 0 saturated heterocycles. The van der Waals surface area contributed by atoms with Crippen molar-refractivity contribution in [1.82, 2.24) is 0 Å². The quantitative estimate of drug-likeness (QED) is 0.380. The van der Waals surface area contributed by atoms with Gasteiger partial charge in [-0.15, -0.1) is 0 Å². The molecule has 116 valence electrons. The molecule has 0 aromatic heterocycles. The van der Waals surface area contributed by atoms with Crippen LogP contribution in [0.25, 0.3) is 21.5 Å². The van der Waals surface area contributed by atoms with Gasteiger partial charge in [0, 0.05) is 5.48 Å². The highest BCUT2D eigenvalue weighted by Crippen LogP contribution is 2.30. The summed E-state index contributed by atoms with van der Waals surface area (Å²) in [5, 5.41) is 2.51. The van der Waals surface area contributed by atoms with Gasteiger partial charge in [-0.3, -0.25) is 0 Å².